The molecule has 0 aromatic carbocycles. The minimum atomic E-state index is -0.927. The van der Waals surface area contributed by atoms with E-state index in [4.69, 9.17) is 16.6 Å². The Morgan fingerprint density at radius 1 is 1.27 bits per heavy atom. The molecule has 1 amide bonds. The monoisotopic (exact) mass is 306 g/mol. The molecule has 0 saturated heterocycles. The number of amides is 1. The molecule has 0 aliphatic carbocycles. The average molecular weight is 306 g/mol. The summed E-state index contributed by atoms with van der Waals surface area (Å²) in [7, 11) is 0. The number of aliphatic carboxylic acids is 1. The third kappa shape index (κ3) is 6.46. The van der Waals surface area contributed by atoms with Gasteiger partial charge in [-0.15, -0.1) is 10.2 Å². The number of hydrogen-bond acceptors (Lipinski definition) is 5. The van der Waals surface area contributed by atoms with Gasteiger partial charge in [0.15, 0.2) is 5.84 Å². The fourth-order valence-corrected chi connectivity index (χ4v) is 1.43. The number of pyridine rings is 1. The smallest absolute Gasteiger partial charge is 0.303 e. The predicted octanol–water partition coefficient (Wildman–Crippen LogP) is 0.272. The van der Waals surface area contributed by atoms with E-state index in [1.807, 2.05) is 0 Å². The van der Waals surface area contributed by atoms with Gasteiger partial charge in [-0.05, 0) is 25.5 Å². The van der Waals surface area contributed by atoms with Crippen LogP contribution in [0, 0.1) is 0 Å². The van der Waals surface area contributed by atoms with E-state index in [1.54, 1.807) is 19.1 Å². The van der Waals surface area contributed by atoms with E-state index >= 15 is 0 Å². The maximum absolute atomic E-state index is 11.6. The van der Waals surface area contributed by atoms with Crippen LogP contribution in [0.25, 0.3) is 0 Å². The Kier molecular flexibility index (Phi) is 6.48. The van der Waals surface area contributed by atoms with E-state index in [1.165, 1.54) is 6.20 Å². The number of carbonyl (C=O) groups excluding carboxylic acids is 1. The van der Waals surface area contributed by atoms with E-state index in [2.05, 4.69) is 20.5 Å². The fourth-order valence-electron chi connectivity index (χ4n) is 1.43. The Morgan fingerprint density at radius 3 is 2.55 bits per heavy atom. The van der Waals surface area contributed by atoms with Crippen molar-refractivity contribution in [1.82, 2.24) is 4.98 Å². The molecule has 0 unspecified atom stereocenters. The van der Waals surface area contributed by atoms with E-state index in [9.17, 15) is 9.59 Å². The second-order valence-corrected chi connectivity index (χ2v) is 4.45. The van der Waals surface area contributed by atoms with Gasteiger partial charge in [0, 0.05) is 12.8 Å². The Bertz CT molecular complexity index is 590. The average Bonchev–Trinajstić information content (AvgIpc) is 2.45. The number of amidine groups is 2. The zero-order valence-corrected chi connectivity index (χ0v) is 12.1. The second-order valence-electron chi connectivity index (χ2n) is 4.45. The standard InChI is InChI=1S/C13H18N6O3/c1-8(14)18-19-13(15)10-6-5-9(7-16-10)17-11(20)3-2-4-12(21)22/h5-7H,2-4H2,1H3,(H2,14,18)(H2,15,19)(H,17,20)(H,21,22). The molecule has 0 radical (unpaired) electrons. The number of anilines is 1. The zero-order valence-electron chi connectivity index (χ0n) is 12.1. The van der Waals surface area contributed by atoms with Crippen LogP contribution in [0.5, 0.6) is 0 Å². The Morgan fingerprint density at radius 2 is 2.00 bits per heavy atom. The van der Waals surface area contributed by atoms with Crippen LogP contribution in [0.3, 0.4) is 0 Å². The van der Waals surface area contributed by atoms with Crippen LogP contribution in [-0.2, 0) is 9.59 Å². The van der Waals surface area contributed by atoms with Crippen molar-refractivity contribution in [3.63, 3.8) is 0 Å². The highest BCUT2D eigenvalue weighted by Crippen LogP contribution is 2.08. The van der Waals surface area contributed by atoms with Crippen LogP contribution in [0.15, 0.2) is 28.5 Å². The Hall–Kier alpha value is -2.97. The van der Waals surface area contributed by atoms with Crippen molar-refractivity contribution in [3.05, 3.63) is 24.0 Å². The summed E-state index contributed by atoms with van der Waals surface area (Å²) < 4.78 is 0. The first-order valence-electron chi connectivity index (χ1n) is 6.49. The van der Waals surface area contributed by atoms with Crippen molar-refractivity contribution in [1.29, 1.82) is 0 Å². The van der Waals surface area contributed by atoms with Crippen LogP contribution < -0.4 is 16.8 Å². The molecule has 6 N–H and O–H groups in total. The van der Waals surface area contributed by atoms with Crippen LogP contribution in [-0.4, -0.2) is 33.6 Å². The van der Waals surface area contributed by atoms with Crippen molar-refractivity contribution in [2.75, 3.05) is 5.32 Å². The van der Waals surface area contributed by atoms with Gasteiger partial charge >= 0.3 is 5.97 Å². The minimum absolute atomic E-state index is 0.0430. The lowest BCUT2D eigenvalue weighted by atomic mass is 10.2. The zero-order chi connectivity index (χ0) is 16.5. The third-order valence-electron chi connectivity index (χ3n) is 2.42. The van der Waals surface area contributed by atoms with Crippen LogP contribution >= 0.6 is 0 Å². The highest BCUT2D eigenvalue weighted by Gasteiger charge is 2.06. The molecule has 1 heterocycles. The predicted molar refractivity (Wildman–Crippen MR) is 82.4 cm³/mol. The van der Waals surface area contributed by atoms with Crippen LogP contribution in [0.4, 0.5) is 5.69 Å². The van der Waals surface area contributed by atoms with Crippen molar-refractivity contribution in [2.24, 2.45) is 21.7 Å². The van der Waals surface area contributed by atoms with Gasteiger partial charge in [0.25, 0.3) is 0 Å². The summed E-state index contributed by atoms with van der Waals surface area (Å²) in [5.41, 5.74) is 11.9. The first kappa shape index (κ1) is 17.1. The lowest BCUT2D eigenvalue weighted by Gasteiger charge is -2.05. The van der Waals surface area contributed by atoms with Crippen LogP contribution in [0.2, 0.25) is 0 Å². The van der Waals surface area contributed by atoms with Crippen molar-refractivity contribution in [3.8, 4) is 0 Å². The van der Waals surface area contributed by atoms with Gasteiger partial charge in [0.05, 0.1) is 11.9 Å². The number of carbonyl (C=O) groups is 2. The lowest BCUT2D eigenvalue weighted by molar-refractivity contribution is -0.137. The number of carboxylic acid groups (broad SMARTS) is 1. The summed E-state index contributed by atoms with van der Waals surface area (Å²) in [5.74, 6) is -0.831. The van der Waals surface area contributed by atoms with Gasteiger partial charge in [0.1, 0.15) is 11.5 Å². The summed E-state index contributed by atoms with van der Waals surface area (Å²) in [5, 5.41) is 18.4. The molecule has 1 aromatic heterocycles. The van der Waals surface area contributed by atoms with E-state index in [0.717, 1.165) is 0 Å². The number of carboxylic acids is 1. The van der Waals surface area contributed by atoms with Gasteiger partial charge in [-0.1, -0.05) is 0 Å². The molecule has 9 nitrogen and oxygen atoms in total. The minimum Gasteiger partial charge on any atom is -0.481 e. The number of hydrogen-bond donors (Lipinski definition) is 4. The summed E-state index contributed by atoms with van der Waals surface area (Å²) in [6.07, 6.45) is 1.79. The second kappa shape index (κ2) is 8.35. The number of aromatic nitrogens is 1. The lowest BCUT2D eigenvalue weighted by Crippen LogP contribution is -2.16. The molecule has 0 spiro atoms. The molecule has 0 saturated carbocycles. The van der Waals surface area contributed by atoms with Gasteiger partial charge in [0.2, 0.25) is 5.91 Å². The number of nitrogens with one attached hydrogen (secondary N) is 1. The normalized spacial score (nSPS) is 12.0. The van der Waals surface area contributed by atoms with E-state index in [-0.39, 0.29) is 36.8 Å². The highest BCUT2D eigenvalue weighted by molar-refractivity contribution is 5.96. The quantitative estimate of drug-likeness (QED) is 0.322. The van der Waals surface area contributed by atoms with Gasteiger partial charge < -0.3 is 21.9 Å². The first-order chi connectivity index (χ1) is 10.4. The Labute approximate surface area is 127 Å². The molecule has 1 aromatic rings. The van der Waals surface area contributed by atoms with E-state index in [0.29, 0.717) is 11.4 Å². The summed E-state index contributed by atoms with van der Waals surface area (Å²) >= 11 is 0. The molecule has 0 fully saturated rings. The topological polar surface area (TPSA) is 156 Å². The largest absolute Gasteiger partial charge is 0.481 e. The summed E-state index contributed by atoms with van der Waals surface area (Å²) in [4.78, 5) is 26.0. The molecule has 118 valence electrons. The molecular formula is C13H18N6O3. The van der Waals surface area contributed by atoms with Crippen molar-refractivity contribution >= 4 is 29.2 Å². The Balaban J connectivity index is 2.58. The fraction of sp³-hybridized carbons (Fsp3) is 0.308. The molecule has 22 heavy (non-hydrogen) atoms. The first-order valence-corrected chi connectivity index (χ1v) is 6.49. The molecule has 0 aliphatic rings. The third-order valence-corrected chi connectivity index (χ3v) is 2.42. The maximum atomic E-state index is 11.6. The summed E-state index contributed by atoms with van der Waals surface area (Å²) in [6.45, 7) is 1.58. The van der Waals surface area contributed by atoms with Gasteiger partial charge in [-0.25, -0.2) is 0 Å². The van der Waals surface area contributed by atoms with Crippen molar-refractivity contribution < 1.29 is 14.7 Å². The number of nitrogens with zero attached hydrogens (tertiary/aromatic N) is 3. The summed E-state index contributed by atoms with van der Waals surface area (Å²) in [6, 6.07) is 3.19. The van der Waals surface area contributed by atoms with Crippen LogP contribution in [0.1, 0.15) is 31.9 Å². The molecule has 0 bridgehead atoms. The molecule has 0 aliphatic heterocycles. The van der Waals surface area contributed by atoms with E-state index < -0.39 is 5.97 Å². The number of nitrogens with two attached hydrogens (primary N) is 2. The molecule has 1 rings (SSSR count). The van der Waals surface area contributed by atoms with Gasteiger partial charge in [-0.2, -0.15) is 0 Å². The SMILES string of the molecule is C/C(N)=N/N=C(\N)c1ccc(NC(=O)CCCC(=O)O)cn1. The molecule has 0 atom stereocenters. The van der Waals surface area contributed by atoms with Gasteiger partial charge in [-0.3, -0.25) is 14.6 Å². The molecular weight excluding hydrogens is 288 g/mol. The highest BCUT2D eigenvalue weighted by atomic mass is 16.4. The van der Waals surface area contributed by atoms with Crippen molar-refractivity contribution in [2.45, 2.75) is 26.2 Å². The maximum Gasteiger partial charge on any atom is 0.303 e. The number of rotatable bonds is 7. The molecule has 9 heteroatoms.